The van der Waals surface area contributed by atoms with Gasteiger partial charge in [-0.1, -0.05) is 241 Å². The van der Waals surface area contributed by atoms with Crippen molar-refractivity contribution in [1.82, 2.24) is 0 Å². The van der Waals surface area contributed by atoms with Gasteiger partial charge in [0.05, 0.1) is 0 Å². The van der Waals surface area contributed by atoms with Crippen molar-refractivity contribution in [3.05, 3.63) is 85.1 Å². The zero-order valence-electron chi connectivity index (χ0n) is 46.0. The number of esters is 3. The molecule has 0 aromatic heterocycles. The molecule has 0 aliphatic heterocycles. The molecule has 0 fully saturated rings. The molecule has 402 valence electrons. The summed E-state index contributed by atoms with van der Waals surface area (Å²) in [5.74, 6) is -0.902. The Bertz CT molecular complexity index is 1350. The molecule has 0 saturated carbocycles. The van der Waals surface area contributed by atoms with E-state index in [2.05, 4.69) is 106 Å². The minimum absolute atomic E-state index is 0.0838. The second kappa shape index (κ2) is 58.2. The van der Waals surface area contributed by atoms with Crippen molar-refractivity contribution in [2.45, 2.75) is 290 Å². The third-order valence-electron chi connectivity index (χ3n) is 12.6. The van der Waals surface area contributed by atoms with Crippen LogP contribution in [0.25, 0.3) is 0 Å². The predicted molar refractivity (Wildman–Crippen MR) is 302 cm³/mol. The van der Waals surface area contributed by atoms with E-state index in [-0.39, 0.29) is 31.1 Å². The van der Waals surface area contributed by atoms with E-state index in [0.29, 0.717) is 19.3 Å². The largest absolute Gasteiger partial charge is 0.462 e. The number of unbranched alkanes of at least 4 members (excludes halogenated alkanes) is 28. The molecule has 0 aliphatic rings. The molecule has 0 aromatic carbocycles. The first-order valence-corrected chi connectivity index (χ1v) is 29.6. The maximum absolute atomic E-state index is 12.8. The van der Waals surface area contributed by atoms with E-state index in [0.717, 1.165) is 122 Å². The Kier molecular flexibility index (Phi) is 55.3. The SMILES string of the molecule is CC/C=C\C/C=C\C/C=C\C/C=C\CCCCCCCCCCCCCCCCC(=O)OCC(COC(=O)CCCCCCC/C=C\CCCCC)OC(=O)CCCCCCC/C=C\C/C=C\CCC. The molecule has 1 unspecified atom stereocenters. The van der Waals surface area contributed by atoms with Gasteiger partial charge >= 0.3 is 17.9 Å². The summed E-state index contributed by atoms with van der Waals surface area (Å²) in [6.07, 6.45) is 75.9. The Balaban J connectivity index is 4.22. The summed E-state index contributed by atoms with van der Waals surface area (Å²) in [6, 6.07) is 0. The zero-order valence-corrected chi connectivity index (χ0v) is 46.0. The monoisotopic (exact) mass is 975 g/mol. The van der Waals surface area contributed by atoms with E-state index in [1.54, 1.807) is 0 Å². The third kappa shape index (κ3) is 55.5. The minimum atomic E-state index is -0.786. The van der Waals surface area contributed by atoms with Gasteiger partial charge < -0.3 is 14.2 Å². The molecule has 0 aliphatic carbocycles. The molecule has 0 saturated heterocycles. The summed E-state index contributed by atoms with van der Waals surface area (Å²) in [4.78, 5) is 38.1. The summed E-state index contributed by atoms with van der Waals surface area (Å²) in [5.41, 5.74) is 0. The molecule has 0 rings (SSSR count). The second-order valence-electron chi connectivity index (χ2n) is 19.5. The first-order valence-electron chi connectivity index (χ1n) is 29.6. The van der Waals surface area contributed by atoms with Crippen LogP contribution < -0.4 is 0 Å². The van der Waals surface area contributed by atoms with Crippen LogP contribution in [0.1, 0.15) is 284 Å². The molecular formula is C64H110O6. The van der Waals surface area contributed by atoms with Crippen molar-refractivity contribution in [2.24, 2.45) is 0 Å². The van der Waals surface area contributed by atoms with E-state index in [1.807, 2.05) is 0 Å². The lowest BCUT2D eigenvalue weighted by Gasteiger charge is -2.18. The molecule has 6 heteroatoms. The molecule has 0 aromatic rings. The number of rotatable bonds is 53. The lowest BCUT2D eigenvalue weighted by Crippen LogP contribution is -2.30. The van der Waals surface area contributed by atoms with Gasteiger partial charge in [-0.25, -0.2) is 0 Å². The van der Waals surface area contributed by atoms with E-state index in [9.17, 15) is 14.4 Å². The number of allylic oxidation sites excluding steroid dienone is 14. The van der Waals surface area contributed by atoms with Gasteiger partial charge in [-0.3, -0.25) is 14.4 Å². The fourth-order valence-electron chi connectivity index (χ4n) is 8.17. The van der Waals surface area contributed by atoms with Gasteiger partial charge in [-0.05, 0) is 109 Å². The molecule has 70 heavy (non-hydrogen) atoms. The first kappa shape index (κ1) is 66.6. The van der Waals surface area contributed by atoms with Gasteiger partial charge in [0.2, 0.25) is 0 Å². The minimum Gasteiger partial charge on any atom is -0.462 e. The maximum atomic E-state index is 12.8. The van der Waals surface area contributed by atoms with Gasteiger partial charge in [0.15, 0.2) is 6.10 Å². The fraction of sp³-hybridized carbons (Fsp3) is 0.734. The highest BCUT2D eigenvalue weighted by atomic mass is 16.6. The quantitative estimate of drug-likeness (QED) is 0.0261. The Hall–Kier alpha value is -3.41. The lowest BCUT2D eigenvalue weighted by atomic mass is 10.0. The van der Waals surface area contributed by atoms with Crippen LogP contribution in [-0.4, -0.2) is 37.2 Å². The smallest absolute Gasteiger partial charge is 0.306 e. The molecular weight excluding hydrogens is 865 g/mol. The fourth-order valence-corrected chi connectivity index (χ4v) is 8.17. The van der Waals surface area contributed by atoms with Gasteiger partial charge in [-0.2, -0.15) is 0 Å². The van der Waals surface area contributed by atoms with Crippen molar-refractivity contribution in [1.29, 1.82) is 0 Å². The Morgan fingerprint density at radius 1 is 0.300 bits per heavy atom. The Morgan fingerprint density at radius 2 is 0.586 bits per heavy atom. The molecule has 1 atom stereocenters. The van der Waals surface area contributed by atoms with Crippen LogP contribution in [0.15, 0.2) is 85.1 Å². The van der Waals surface area contributed by atoms with Crippen LogP contribution in [0, 0.1) is 0 Å². The lowest BCUT2D eigenvalue weighted by molar-refractivity contribution is -0.167. The summed E-state index contributed by atoms with van der Waals surface area (Å²) in [7, 11) is 0. The number of hydrogen-bond donors (Lipinski definition) is 0. The molecule has 0 amide bonds. The van der Waals surface area contributed by atoms with Crippen molar-refractivity contribution in [2.75, 3.05) is 13.2 Å². The topological polar surface area (TPSA) is 78.9 Å². The van der Waals surface area contributed by atoms with Crippen LogP contribution in [-0.2, 0) is 28.6 Å². The number of carbonyl (C=O) groups is 3. The van der Waals surface area contributed by atoms with Gasteiger partial charge in [0.1, 0.15) is 13.2 Å². The number of ether oxygens (including phenoxy) is 3. The van der Waals surface area contributed by atoms with E-state index in [1.165, 1.54) is 122 Å². The number of hydrogen-bond acceptors (Lipinski definition) is 6. The summed E-state index contributed by atoms with van der Waals surface area (Å²) >= 11 is 0. The molecule has 6 nitrogen and oxygen atoms in total. The van der Waals surface area contributed by atoms with Crippen LogP contribution in [0.3, 0.4) is 0 Å². The Morgan fingerprint density at radius 3 is 0.943 bits per heavy atom. The highest BCUT2D eigenvalue weighted by molar-refractivity contribution is 5.71. The van der Waals surface area contributed by atoms with Crippen LogP contribution >= 0.6 is 0 Å². The third-order valence-corrected chi connectivity index (χ3v) is 12.6. The van der Waals surface area contributed by atoms with Crippen LogP contribution in [0.5, 0.6) is 0 Å². The average molecular weight is 976 g/mol. The maximum Gasteiger partial charge on any atom is 0.306 e. The summed E-state index contributed by atoms with van der Waals surface area (Å²) in [6.45, 7) is 6.43. The normalized spacial score (nSPS) is 12.7. The highest BCUT2D eigenvalue weighted by Crippen LogP contribution is 2.16. The second-order valence-corrected chi connectivity index (χ2v) is 19.5. The summed E-state index contributed by atoms with van der Waals surface area (Å²) in [5, 5.41) is 0. The first-order chi connectivity index (χ1) is 34.5. The molecule has 0 radical (unpaired) electrons. The zero-order chi connectivity index (χ0) is 50.7. The standard InChI is InChI=1S/C64H110O6/c1-4-7-10-13-16-19-22-25-26-27-28-29-30-31-32-33-34-35-36-37-38-40-42-45-48-51-54-57-63(66)69-60-61(59-68-62(65)56-53-50-47-44-41-24-21-18-15-12-9-6-3)70-64(67)58-55-52-49-46-43-39-23-20-17-14-11-8-5-2/h7,10-11,14,16,18-21,23,25-26,28-29,61H,4-6,8-9,12-13,15,17,22,24,27,30-60H2,1-3H3/b10-7-,14-11-,19-16-,21-18-,23-20-,26-25-,29-28-. The van der Waals surface area contributed by atoms with Gasteiger partial charge in [-0.15, -0.1) is 0 Å². The van der Waals surface area contributed by atoms with Crippen molar-refractivity contribution < 1.29 is 28.6 Å². The average Bonchev–Trinajstić information content (AvgIpc) is 3.36. The van der Waals surface area contributed by atoms with Crippen LogP contribution in [0.2, 0.25) is 0 Å². The highest BCUT2D eigenvalue weighted by Gasteiger charge is 2.19. The van der Waals surface area contributed by atoms with E-state index < -0.39 is 6.10 Å². The molecule has 0 bridgehead atoms. The number of carbonyl (C=O) groups excluding carboxylic acids is 3. The summed E-state index contributed by atoms with van der Waals surface area (Å²) < 4.78 is 16.8. The van der Waals surface area contributed by atoms with Crippen LogP contribution in [0.4, 0.5) is 0 Å². The molecule has 0 spiro atoms. The van der Waals surface area contributed by atoms with E-state index in [4.69, 9.17) is 14.2 Å². The Labute approximate surface area is 433 Å². The molecule has 0 heterocycles. The van der Waals surface area contributed by atoms with Crippen molar-refractivity contribution >= 4 is 17.9 Å². The molecule has 0 N–H and O–H groups in total. The van der Waals surface area contributed by atoms with E-state index >= 15 is 0 Å². The van der Waals surface area contributed by atoms with Gasteiger partial charge in [0, 0.05) is 19.3 Å². The van der Waals surface area contributed by atoms with Crippen molar-refractivity contribution in [3.63, 3.8) is 0 Å². The van der Waals surface area contributed by atoms with Crippen molar-refractivity contribution in [3.8, 4) is 0 Å². The van der Waals surface area contributed by atoms with Gasteiger partial charge in [0.25, 0.3) is 0 Å². The predicted octanol–water partition coefficient (Wildman–Crippen LogP) is 19.9.